The zero-order chi connectivity index (χ0) is 26.6. The van der Waals surface area contributed by atoms with Crippen LogP contribution in [0.2, 0.25) is 5.04 Å². The van der Waals surface area contributed by atoms with Crippen LogP contribution < -0.4 is 10.4 Å². The van der Waals surface area contributed by atoms with Crippen LogP contribution in [0.3, 0.4) is 0 Å². The van der Waals surface area contributed by atoms with Crippen molar-refractivity contribution in [1.29, 1.82) is 0 Å². The Kier molecular flexibility index (Phi) is 8.67. The molecule has 3 rings (SSSR count). The highest BCUT2D eigenvalue weighted by Gasteiger charge is 2.52. The molecule has 7 heteroatoms. The van der Waals surface area contributed by atoms with Crippen LogP contribution >= 0.6 is 0 Å². The maximum absolute atomic E-state index is 13.1. The lowest BCUT2D eigenvalue weighted by atomic mass is 10.1. The Morgan fingerprint density at radius 2 is 1.36 bits per heavy atom. The van der Waals surface area contributed by atoms with E-state index in [2.05, 4.69) is 69.3 Å². The first-order chi connectivity index (χ1) is 16.9. The first kappa shape index (κ1) is 27.9. The highest BCUT2D eigenvalue weighted by molar-refractivity contribution is 6.99. The number of nitrogens with zero attached hydrogens (tertiary/aromatic N) is 1. The summed E-state index contributed by atoms with van der Waals surface area (Å²) in [6.45, 7) is 12.6. The lowest BCUT2D eigenvalue weighted by molar-refractivity contribution is -0.146. The topological polar surface area (TPSA) is 65.1 Å². The van der Waals surface area contributed by atoms with Crippen LogP contribution in [-0.2, 0) is 18.7 Å². The molecule has 6 nitrogen and oxygen atoms in total. The fourth-order valence-corrected chi connectivity index (χ4v) is 9.81. The molecule has 1 aliphatic rings. The largest absolute Gasteiger partial charge is 0.467 e. The SMILES string of the molecule is COC(=O)[C@@H]1CCC(O[Si](c2ccccc2)(c2ccccc2)C(C)(C)C)CCN1C(=O)OC(C)(C)C. The van der Waals surface area contributed by atoms with Crippen molar-refractivity contribution in [2.75, 3.05) is 13.7 Å². The normalized spacial score (nSPS) is 19.4. The molecule has 1 amide bonds. The number of carbonyl (C=O) groups excluding carboxylic acids is 2. The summed E-state index contributed by atoms with van der Waals surface area (Å²) in [5.41, 5.74) is -0.658. The molecule has 36 heavy (non-hydrogen) atoms. The number of likely N-dealkylation sites (tertiary alicyclic amines) is 1. The number of carbonyl (C=O) groups is 2. The maximum atomic E-state index is 13.1. The summed E-state index contributed by atoms with van der Waals surface area (Å²) in [5, 5.41) is 2.26. The Hall–Kier alpha value is -2.64. The van der Waals surface area contributed by atoms with E-state index in [1.165, 1.54) is 22.4 Å². The van der Waals surface area contributed by atoms with Gasteiger partial charge in [0, 0.05) is 12.6 Å². The summed E-state index contributed by atoms with van der Waals surface area (Å²) in [6, 6.07) is 20.3. The molecule has 2 atom stereocenters. The van der Waals surface area contributed by atoms with Gasteiger partial charge in [-0.1, -0.05) is 81.4 Å². The molecule has 2 aromatic rings. The second-order valence-electron chi connectivity index (χ2n) is 11.5. The number of benzene rings is 2. The van der Waals surface area contributed by atoms with Gasteiger partial charge in [0.25, 0.3) is 8.32 Å². The number of amides is 1. The van der Waals surface area contributed by atoms with Gasteiger partial charge in [-0.3, -0.25) is 4.90 Å². The van der Waals surface area contributed by atoms with E-state index in [4.69, 9.17) is 13.9 Å². The van der Waals surface area contributed by atoms with Crippen LogP contribution in [0.15, 0.2) is 60.7 Å². The summed E-state index contributed by atoms with van der Waals surface area (Å²) in [6.07, 6.45) is 1.08. The van der Waals surface area contributed by atoms with Crippen LogP contribution in [0.5, 0.6) is 0 Å². The van der Waals surface area contributed by atoms with E-state index < -0.39 is 32.0 Å². The monoisotopic (exact) mass is 511 g/mol. The summed E-state index contributed by atoms with van der Waals surface area (Å²) < 4.78 is 18.0. The van der Waals surface area contributed by atoms with Crippen molar-refractivity contribution in [2.45, 2.75) is 83.6 Å². The molecular weight excluding hydrogens is 470 g/mol. The van der Waals surface area contributed by atoms with Gasteiger partial charge in [-0.2, -0.15) is 0 Å². The molecule has 0 bridgehead atoms. The highest BCUT2D eigenvalue weighted by atomic mass is 28.4. The van der Waals surface area contributed by atoms with E-state index in [9.17, 15) is 9.59 Å². The minimum absolute atomic E-state index is 0.129. The number of rotatable bonds is 5. The van der Waals surface area contributed by atoms with Gasteiger partial charge < -0.3 is 13.9 Å². The van der Waals surface area contributed by atoms with Crippen molar-refractivity contribution >= 4 is 30.8 Å². The Balaban J connectivity index is 1.99. The predicted molar refractivity (Wildman–Crippen MR) is 145 cm³/mol. The lowest BCUT2D eigenvalue weighted by Crippen LogP contribution is -2.67. The first-order valence-corrected chi connectivity index (χ1v) is 14.7. The molecule has 1 heterocycles. The number of hydrogen-bond acceptors (Lipinski definition) is 5. The first-order valence-electron chi connectivity index (χ1n) is 12.8. The average Bonchev–Trinajstić information content (AvgIpc) is 3.04. The third kappa shape index (κ3) is 6.18. The Morgan fingerprint density at radius 1 is 0.833 bits per heavy atom. The molecule has 0 radical (unpaired) electrons. The molecule has 0 N–H and O–H groups in total. The third-order valence-corrected chi connectivity index (χ3v) is 11.8. The molecule has 0 spiro atoms. The van der Waals surface area contributed by atoms with Crippen LogP contribution in [0, 0.1) is 0 Å². The summed E-state index contributed by atoms with van der Waals surface area (Å²) in [4.78, 5) is 27.3. The van der Waals surface area contributed by atoms with E-state index in [0.717, 1.165) is 0 Å². The van der Waals surface area contributed by atoms with Gasteiger partial charge in [-0.15, -0.1) is 0 Å². The zero-order valence-corrected chi connectivity index (χ0v) is 23.7. The lowest BCUT2D eigenvalue weighted by Gasteiger charge is -2.45. The van der Waals surface area contributed by atoms with Crippen LogP contribution in [0.1, 0.15) is 60.8 Å². The number of esters is 1. The maximum Gasteiger partial charge on any atom is 0.411 e. The minimum atomic E-state index is -2.75. The zero-order valence-electron chi connectivity index (χ0n) is 22.7. The molecule has 1 unspecified atom stereocenters. The summed E-state index contributed by atoms with van der Waals surface area (Å²) >= 11 is 0. The van der Waals surface area contributed by atoms with E-state index in [-0.39, 0.29) is 11.1 Å². The number of ether oxygens (including phenoxy) is 2. The second kappa shape index (κ2) is 11.2. The molecular formula is C29H41NO5Si. The smallest absolute Gasteiger partial charge is 0.411 e. The Bertz CT molecular complexity index is 974. The van der Waals surface area contributed by atoms with Gasteiger partial charge in [0.2, 0.25) is 0 Å². The quantitative estimate of drug-likeness (QED) is 0.422. The molecule has 1 aliphatic heterocycles. The third-order valence-electron chi connectivity index (χ3n) is 6.69. The van der Waals surface area contributed by atoms with Crippen LogP contribution in [0.4, 0.5) is 4.79 Å². The van der Waals surface area contributed by atoms with Gasteiger partial charge in [0.05, 0.1) is 7.11 Å². The van der Waals surface area contributed by atoms with Crippen molar-refractivity contribution in [3.05, 3.63) is 60.7 Å². The van der Waals surface area contributed by atoms with Gasteiger partial charge in [0.1, 0.15) is 11.6 Å². The van der Waals surface area contributed by atoms with Crippen molar-refractivity contribution < 1.29 is 23.5 Å². The summed E-state index contributed by atoms with van der Waals surface area (Å²) in [7, 11) is -1.40. The van der Waals surface area contributed by atoms with Crippen molar-refractivity contribution in [1.82, 2.24) is 4.90 Å². The van der Waals surface area contributed by atoms with Gasteiger partial charge in [-0.05, 0) is 55.4 Å². The van der Waals surface area contributed by atoms with E-state index in [1.807, 2.05) is 32.9 Å². The molecule has 0 aromatic heterocycles. The second-order valence-corrected chi connectivity index (χ2v) is 15.7. The number of hydrogen-bond donors (Lipinski definition) is 0. The van der Waals surface area contributed by atoms with Crippen molar-refractivity contribution in [3.8, 4) is 0 Å². The Morgan fingerprint density at radius 3 is 1.81 bits per heavy atom. The fourth-order valence-electron chi connectivity index (χ4n) is 5.06. The molecule has 0 saturated carbocycles. The average molecular weight is 512 g/mol. The van der Waals surface area contributed by atoms with E-state index in [1.54, 1.807) is 0 Å². The fraction of sp³-hybridized carbons (Fsp3) is 0.517. The van der Waals surface area contributed by atoms with Crippen LogP contribution in [0.25, 0.3) is 0 Å². The molecule has 0 aliphatic carbocycles. The van der Waals surface area contributed by atoms with Crippen molar-refractivity contribution in [2.24, 2.45) is 0 Å². The Labute approximate surface area is 217 Å². The van der Waals surface area contributed by atoms with Crippen LogP contribution in [-0.4, -0.2) is 56.7 Å². The molecule has 196 valence electrons. The molecule has 1 saturated heterocycles. The summed E-state index contributed by atoms with van der Waals surface area (Å²) in [5.74, 6) is -0.424. The highest BCUT2D eigenvalue weighted by Crippen LogP contribution is 2.39. The predicted octanol–water partition coefficient (Wildman–Crippen LogP) is 4.89. The molecule has 1 fully saturated rings. The standard InChI is InChI=1S/C29H41NO5Si/c1-28(2,3)34-27(32)30-21-20-22(18-19-25(30)26(31)33-7)35-36(29(4,5)6,23-14-10-8-11-15-23)24-16-12-9-13-17-24/h8-17,22,25H,18-21H2,1-7H3/t22?,25-/m0/s1. The minimum Gasteiger partial charge on any atom is -0.467 e. The number of methoxy groups -OCH3 is 1. The van der Waals surface area contributed by atoms with Gasteiger partial charge >= 0.3 is 12.1 Å². The van der Waals surface area contributed by atoms with Gasteiger partial charge in [-0.25, -0.2) is 9.59 Å². The molecule has 2 aromatic carbocycles. The van der Waals surface area contributed by atoms with Gasteiger partial charge in [0.15, 0.2) is 0 Å². The van der Waals surface area contributed by atoms with Crippen molar-refractivity contribution in [3.63, 3.8) is 0 Å². The van der Waals surface area contributed by atoms with E-state index >= 15 is 0 Å². The van der Waals surface area contributed by atoms with E-state index in [0.29, 0.717) is 25.8 Å².